The number of nitrogens with one attached hydrogen (secondary N) is 1. The zero-order valence-electron chi connectivity index (χ0n) is 7.95. The standard InChI is InChI=1S/C8H14N4O/c1-7-6-12(11-10-7)5-3-4-9-8(2)13/h6H,3-5H2,1-2H3,(H,9,13). The SMILES string of the molecule is CC(=O)NCCCn1cc(C)nn1. The Morgan fingerprint density at radius 2 is 2.46 bits per heavy atom. The number of carbonyl (C=O) groups excluding carboxylic acids is 1. The first-order valence-corrected chi connectivity index (χ1v) is 4.29. The highest BCUT2D eigenvalue weighted by molar-refractivity contribution is 5.72. The minimum Gasteiger partial charge on any atom is -0.356 e. The maximum atomic E-state index is 10.5. The smallest absolute Gasteiger partial charge is 0.216 e. The van der Waals surface area contributed by atoms with Gasteiger partial charge in [0.2, 0.25) is 5.91 Å². The first kappa shape index (κ1) is 9.70. The van der Waals surface area contributed by atoms with Crippen molar-refractivity contribution in [3.63, 3.8) is 0 Å². The van der Waals surface area contributed by atoms with Crippen LogP contribution in [0.4, 0.5) is 0 Å². The molecule has 0 aliphatic rings. The quantitative estimate of drug-likeness (QED) is 0.672. The fraction of sp³-hybridized carbons (Fsp3) is 0.625. The molecule has 1 aromatic heterocycles. The van der Waals surface area contributed by atoms with E-state index in [4.69, 9.17) is 0 Å². The Bertz CT molecular complexity index is 281. The average Bonchev–Trinajstić information content (AvgIpc) is 2.45. The Labute approximate surface area is 77.1 Å². The second-order valence-electron chi connectivity index (χ2n) is 2.96. The summed E-state index contributed by atoms with van der Waals surface area (Å²) in [7, 11) is 0. The van der Waals surface area contributed by atoms with Crippen molar-refractivity contribution in [3.8, 4) is 0 Å². The number of nitrogens with zero attached hydrogens (tertiary/aromatic N) is 3. The molecular weight excluding hydrogens is 168 g/mol. The number of carbonyl (C=O) groups is 1. The Hall–Kier alpha value is -1.39. The fourth-order valence-corrected chi connectivity index (χ4v) is 1.01. The van der Waals surface area contributed by atoms with Crippen LogP contribution in [-0.2, 0) is 11.3 Å². The van der Waals surface area contributed by atoms with Crippen molar-refractivity contribution in [2.24, 2.45) is 0 Å². The van der Waals surface area contributed by atoms with Crippen LogP contribution in [-0.4, -0.2) is 27.4 Å². The van der Waals surface area contributed by atoms with E-state index in [-0.39, 0.29) is 5.91 Å². The Morgan fingerprint density at radius 3 is 3.00 bits per heavy atom. The van der Waals surface area contributed by atoms with Crippen molar-refractivity contribution in [2.75, 3.05) is 6.54 Å². The summed E-state index contributed by atoms with van der Waals surface area (Å²) in [5, 5.41) is 10.5. The summed E-state index contributed by atoms with van der Waals surface area (Å²) in [6, 6.07) is 0. The number of amides is 1. The van der Waals surface area contributed by atoms with Gasteiger partial charge in [-0.1, -0.05) is 5.21 Å². The van der Waals surface area contributed by atoms with Crippen molar-refractivity contribution < 1.29 is 4.79 Å². The topological polar surface area (TPSA) is 59.8 Å². The Kier molecular flexibility index (Phi) is 3.42. The van der Waals surface area contributed by atoms with Crippen molar-refractivity contribution >= 4 is 5.91 Å². The van der Waals surface area contributed by atoms with E-state index >= 15 is 0 Å². The number of rotatable bonds is 4. The minimum atomic E-state index is 0.00905. The highest BCUT2D eigenvalue weighted by Crippen LogP contribution is 1.90. The minimum absolute atomic E-state index is 0.00905. The Morgan fingerprint density at radius 1 is 1.69 bits per heavy atom. The molecule has 0 atom stereocenters. The van der Waals surface area contributed by atoms with Gasteiger partial charge in [-0.05, 0) is 13.3 Å². The van der Waals surface area contributed by atoms with Crippen LogP contribution in [0.5, 0.6) is 0 Å². The van der Waals surface area contributed by atoms with Gasteiger partial charge in [-0.25, -0.2) is 0 Å². The molecule has 0 radical (unpaired) electrons. The molecular formula is C8H14N4O. The van der Waals surface area contributed by atoms with Gasteiger partial charge in [-0.2, -0.15) is 0 Å². The summed E-state index contributed by atoms with van der Waals surface area (Å²) in [6.07, 6.45) is 2.76. The lowest BCUT2D eigenvalue weighted by Crippen LogP contribution is -2.22. The first-order valence-electron chi connectivity index (χ1n) is 4.29. The van der Waals surface area contributed by atoms with Crippen LogP contribution in [0.15, 0.2) is 6.20 Å². The molecule has 0 aliphatic carbocycles. The van der Waals surface area contributed by atoms with E-state index in [0.717, 1.165) is 18.7 Å². The molecule has 0 aliphatic heterocycles. The van der Waals surface area contributed by atoms with E-state index in [2.05, 4.69) is 15.6 Å². The van der Waals surface area contributed by atoms with Gasteiger partial charge >= 0.3 is 0 Å². The van der Waals surface area contributed by atoms with Crippen LogP contribution in [0.25, 0.3) is 0 Å². The highest BCUT2D eigenvalue weighted by Gasteiger charge is 1.95. The lowest BCUT2D eigenvalue weighted by Gasteiger charge is -2.00. The molecule has 5 nitrogen and oxygen atoms in total. The summed E-state index contributed by atoms with van der Waals surface area (Å²) in [5.41, 5.74) is 0.916. The molecule has 1 aromatic rings. The van der Waals surface area contributed by atoms with Crippen molar-refractivity contribution in [3.05, 3.63) is 11.9 Å². The third-order valence-corrected chi connectivity index (χ3v) is 1.59. The lowest BCUT2D eigenvalue weighted by molar-refractivity contribution is -0.118. The average molecular weight is 182 g/mol. The summed E-state index contributed by atoms with van der Waals surface area (Å²) >= 11 is 0. The summed E-state index contributed by atoms with van der Waals surface area (Å²) in [5.74, 6) is 0.00905. The van der Waals surface area contributed by atoms with Crippen LogP contribution >= 0.6 is 0 Å². The van der Waals surface area contributed by atoms with Crippen molar-refractivity contribution in [1.29, 1.82) is 0 Å². The van der Waals surface area contributed by atoms with E-state index in [0.29, 0.717) is 6.54 Å². The van der Waals surface area contributed by atoms with Crippen LogP contribution in [0.2, 0.25) is 0 Å². The molecule has 0 bridgehead atoms. The molecule has 0 unspecified atom stereocenters. The highest BCUT2D eigenvalue weighted by atomic mass is 16.1. The second-order valence-corrected chi connectivity index (χ2v) is 2.96. The molecule has 1 amide bonds. The molecule has 5 heteroatoms. The lowest BCUT2D eigenvalue weighted by atomic mass is 10.4. The van der Waals surface area contributed by atoms with Crippen LogP contribution in [0.3, 0.4) is 0 Å². The molecule has 0 saturated carbocycles. The number of hydrogen-bond donors (Lipinski definition) is 1. The first-order chi connectivity index (χ1) is 6.18. The molecule has 0 saturated heterocycles. The largest absolute Gasteiger partial charge is 0.356 e. The maximum Gasteiger partial charge on any atom is 0.216 e. The predicted octanol–water partition coefficient (Wildman–Crippen LogP) is 0.113. The van der Waals surface area contributed by atoms with E-state index in [1.165, 1.54) is 6.92 Å². The number of hydrogen-bond acceptors (Lipinski definition) is 3. The van der Waals surface area contributed by atoms with Gasteiger partial charge in [-0.15, -0.1) is 5.10 Å². The molecule has 72 valence electrons. The molecule has 0 aromatic carbocycles. The predicted molar refractivity (Wildman–Crippen MR) is 48.1 cm³/mol. The van der Waals surface area contributed by atoms with E-state index in [9.17, 15) is 4.79 Å². The third-order valence-electron chi connectivity index (χ3n) is 1.59. The molecule has 1 heterocycles. The Balaban J connectivity index is 2.16. The molecule has 0 spiro atoms. The van der Waals surface area contributed by atoms with Gasteiger partial charge in [0.25, 0.3) is 0 Å². The van der Waals surface area contributed by atoms with E-state index in [1.54, 1.807) is 4.68 Å². The van der Waals surface area contributed by atoms with Crippen LogP contribution < -0.4 is 5.32 Å². The zero-order valence-corrected chi connectivity index (χ0v) is 7.95. The molecule has 1 rings (SSSR count). The van der Waals surface area contributed by atoms with Gasteiger partial charge in [0.1, 0.15) is 0 Å². The van der Waals surface area contributed by atoms with Gasteiger partial charge in [0.05, 0.1) is 5.69 Å². The summed E-state index contributed by atoms with van der Waals surface area (Å²) < 4.78 is 1.77. The van der Waals surface area contributed by atoms with Gasteiger partial charge in [-0.3, -0.25) is 9.48 Å². The maximum absolute atomic E-state index is 10.5. The number of aromatic nitrogens is 3. The van der Waals surface area contributed by atoms with Crippen molar-refractivity contribution in [1.82, 2.24) is 20.3 Å². The van der Waals surface area contributed by atoms with Gasteiger partial charge < -0.3 is 5.32 Å². The van der Waals surface area contributed by atoms with Gasteiger partial charge in [0.15, 0.2) is 0 Å². The van der Waals surface area contributed by atoms with E-state index in [1.807, 2.05) is 13.1 Å². The second kappa shape index (κ2) is 4.59. The van der Waals surface area contributed by atoms with Gasteiger partial charge in [0, 0.05) is 26.2 Å². The molecule has 0 fully saturated rings. The van der Waals surface area contributed by atoms with Crippen molar-refractivity contribution in [2.45, 2.75) is 26.8 Å². The van der Waals surface area contributed by atoms with Crippen LogP contribution in [0.1, 0.15) is 19.0 Å². The number of aryl methyl sites for hydroxylation is 2. The van der Waals surface area contributed by atoms with Crippen LogP contribution in [0, 0.1) is 6.92 Å². The summed E-state index contributed by atoms with van der Waals surface area (Å²) in [6.45, 7) is 4.90. The monoisotopic (exact) mass is 182 g/mol. The molecule has 1 N–H and O–H groups in total. The van der Waals surface area contributed by atoms with E-state index < -0.39 is 0 Å². The fourth-order valence-electron chi connectivity index (χ4n) is 1.01. The molecule has 13 heavy (non-hydrogen) atoms. The normalized spacial score (nSPS) is 10.0. The zero-order chi connectivity index (χ0) is 9.68. The summed E-state index contributed by atoms with van der Waals surface area (Å²) in [4.78, 5) is 10.5. The third kappa shape index (κ3) is 3.68.